The smallest absolute Gasteiger partial charge is 0.227 e. The number of hydrogen-bond donors (Lipinski definition) is 1. The lowest BCUT2D eigenvalue weighted by Crippen LogP contribution is -2.38. The molecule has 2 aliphatic rings. The van der Waals surface area contributed by atoms with Crippen molar-refractivity contribution >= 4 is 34.8 Å². The van der Waals surface area contributed by atoms with Gasteiger partial charge in [0.05, 0.1) is 24.0 Å². The van der Waals surface area contributed by atoms with Gasteiger partial charge in [-0.05, 0) is 43.2 Å². The SMILES string of the molecule is O=C(CCC(=O)N1CCOc2ccccc21)Nc1cc(Cl)ccc1OCC1CCCO1. The van der Waals surface area contributed by atoms with Gasteiger partial charge in [0.1, 0.15) is 24.7 Å². The number of ether oxygens (including phenoxy) is 3. The van der Waals surface area contributed by atoms with Crippen LogP contribution >= 0.6 is 11.6 Å². The van der Waals surface area contributed by atoms with E-state index in [4.69, 9.17) is 25.8 Å². The van der Waals surface area contributed by atoms with Crippen LogP contribution in [0.2, 0.25) is 5.02 Å². The van der Waals surface area contributed by atoms with Crippen molar-refractivity contribution in [3.63, 3.8) is 0 Å². The second-order valence-electron chi connectivity index (χ2n) is 7.50. The van der Waals surface area contributed by atoms with Gasteiger partial charge in [0.15, 0.2) is 0 Å². The minimum Gasteiger partial charge on any atom is -0.490 e. The largest absolute Gasteiger partial charge is 0.490 e. The van der Waals surface area contributed by atoms with Crippen molar-refractivity contribution in [1.29, 1.82) is 0 Å². The van der Waals surface area contributed by atoms with Gasteiger partial charge in [-0.1, -0.05) is 23.7 Å². The van der Waals surface area contributed by atoms with Gasteiger partial charge >= 0.3 is 0 Å². The molecule has 7 nitrogen and oxygen atoms in total. The number of hydrogen-bond acceptors (Lipinski definition) is 5. The molecule has 0 spiro atoms. The third-order valence-electron chi connectivity index (χ3n) is 5.26. The van der Waals surface area contributed by atoms with Gasteiger partial charge in [-0.2, -0.15) is 0 Å². The Morgan fingerprint density at radius 1 is 1.16 bits per heavy atom. The van der Waals surface area contributed by atoms with Gasteiger partial charge < -0.3 is 24.4 Å². The molecule has 1 atom stereocenters. The van der Waals surface area contributed by atoms with Gasteiger partial charge in [-0.15, -0.1) is 0 Å². The van der Waals surface area contributed by atoms with Gasteiger partial charge in [0, 0.05) is 24.5 Å². The first-order valence-electron chi connectivity index (χ1n) is 10.5. The Balaban J connectivity index is 1.33. The first-order chi connectivity index (χ1) is 15.1. The topological polar surface area (TPSA) is 77.1 Å². The van der Waals surface area contributed by atoms with Crippen LogP contribution in [0.25, 0.3) is 0 Å². The minimum absolute atomic E-state index is 0.0516. The number of fused-ring (bicyclic) bond motifs is 1. The number of nitrogens with zero attached hydrogens (tertiary/aromatic N) is 1. The fourth-order valence-corrected chi connectivity index (χ4v) is 3.85. The monoisotopic (exact) mass is 444 g/mol. The molecule has 2 aromatic rings. The zero-order valence-corrected chi connectivity index (χ0v) is 17.9. The number of benzene rings is 2. The van der Waals surface area contributed by atoms with E-state index in [-0.39, 0.29) is 30.8 Å². The highest BCUT2D eigenvalue weighted by Gasteiger charge is 2.24. The molecule has 0 aliphatic carbocycles. The van der Waals surface area contributed by atoms with Crippen LogP contribution in [0.1, 0.15) is 25.7 Å². The van der Waals surface area contributed by atoms with Crippen LogP contribution in [0.15, 0.2) is 42.5 Å². The summed E-state index contributed by atoms with van der Waals surface area (Å²) in [6.07, 6.45) is 2.19. The van der Waals surface area contributed by atoms with E-state index in [0.29, 0.717) is 42.0 Å². The van der Waals surface area contributed by atoms with Crippen molar-refractivity contribution in [3.8, 4) is 11.5 Å². The van der Waals surface area contributed by atoms with Crippen LogP contribution in [0.4, 0.5) is 11.4 Å². The average Bonchev–Trinajstić information content (AvgIpc) is 3.30. The van der Waals surface area contributed by atoms with Crippen LogP contribution in [0.5, 0.6) is 11.5 Å². The average molecular weight is 445 g/mol. The summed E-state index contributed by atoms with van der Waals surface area (Å²) in [7, 11) is 0. The second kappa shape index (κ2) is 10.0. The van der Waals surface area contributed by atoms with E-state index in [1.165, 1.54) is 0 Å². The molecule has 31 heavy (non-hydrogen) atoms. The van der Waals surface area contributed by atoms with E-state index < -0.39 is 0 Å². The molecule has 2 aromatic carbocycles. The van der Waals surface area contributed by atoms with Crippen molar-refractivity contribution in [2.45, 2.75) is 31.8 Å². The van der Waals surface area contributed by atoms with E-state index in [1.807, 2.05) is 24.3 Å². The first-order valence-corrected chi connectivity index (χ1v) is 10.8. The third kappa shape index (κ3) is 5.48. The minimum atomic E-state index is -0.279. The predicted octanol–water partition coefficient (Wildman–Crippen LogP) is 4.04. The first kappa shape index (κ1) is 21.5. The Kier molecular flexibility index (Phi) is 6.94. The summed E-state index contributed by atoms with van der Waals surface area (Å²) >= 11 is 6.10. The molecule has 2 heterocycles. The number of carbonyl (C=O) groups excluding carboxylic acids is 2. The Bertz CT molecular complexity index is 945. The zero-order chi connectivity index (χ0) is 21.6. The normalized spacial score (nSPS) is 17.6. The molecule has 2 amide bonds. The van der Waals surface area contributed by atoms with Crippen molar-refractivity contribution in [2.75, 3.05) is 36.6 Å². The zero-order valence-electron chi connectivity index (χ0n) is 17.1. The fraction of sp³-hybridized carbons (Fsp3) is 0.391. The summed E-state index contributed by atoms with van der Waals surface area (Å²) < 4.78 is 17.0. The molecule has 8 heteroatoms. The summed E-state index contributed by atoms with van der Waals surface area (Å²) in [5, 5.41) is 3.31. The Labute approximate surface area is 186 Å². The van der Waals surface area contributed by atoms with Crippen LogP contribution in [-0.2, 0) is 14.3 Å². The molecule has 0 radical (unpaired) electrons. The van der Waals surface area contributed by atoms with E-state index >= 15 is 0 Å². The molecule has 1 fully saturated rings. The van der Waals surface area contributed by atoms with Gasteiger partial charge in [0.25, 0.3) is 0 Å². The van der Waals surface area contributed by atoms with Gasteiger partial charge in [0.2, 0.25) is 11.8 Å². The summed E-state index contributed by atoms with van der Waals surface area (Å²) in [6, 6.07) is 12.5. The number of amides is 2. The molecular formula is C23H25ClN2O5. The van der Waals surface area contributed by atoms with E-state index in [1.54, 1.807) is 23.1 Å². The van der Waals surface area contributed by atoms with Crippen LogP contribution in [0.3, 0.4) is 0 Å². The van der Waals surface area contributed by atoms with Crippen molar-refractivity contribution in [2.24, 2.45) is 0 Å². The van der Waals surface area contributed by atoms with Crippen LogP contribution in [-0.4, -0.2) is 44.3 Å². The molecule has 2 aliphatic heterocycles. The lowest BCUT2D eigenvalue weighted by atomic mass is 10.2. The lowest BCUT2D eigenvalue weighted by molar-refractivity contribution is -0.122. The third-order valence-corrected chi connectivity index (χ3v) is 5.50. The van der Waals surface area contributed by atoms with Gasteiger partial charge in [-0.3, -0.25) is 9.59 Å². The van der Waals surface area contributed by atoms with Gasteiger partial charge in [-0.25, -0.2) is 0 Å². The molecule has 0 aromatic heterocycles. The quantitative estimate of drug-likeness (QED) is 0.697. The van der Waals surface area contributed by atoms with Crippen molar-refractivity contribution in [1.82, 2.24) is 0 Å². The summed E-state index contributed by atoms with van der Waals surface area (Å²) in [6.45, 7) is 2.06. The summed E-state index contributed by atoms with van der Waals surface area (Å²) in [4.78, 5) is 26.9. The lowest BCUT2D eigenvalue weighted by Gasteiger charge is -2.29. The molecule has 4 rings (SSSR count). The summed E-state index contributed by atoms with van der Waals surface area (Å²) in [5.41, 5.74) is 1.22. The number of halogens is 1. The number of anilines is 2. The molecule has 0 saturated carbocycles. The van der Waals surface area contributed by atoms with Crippen LogP contribution < -0.4 is 19.7 Å². The van der Waals surface area contributed by atoms with E-state index in [0.717, 1.165) is 25.1 Å². The predicted molar refractivity (Wildman–Crippen MR) is 118 cm³/mol. The number of para-hydroxylation sites is 2. The molecule has 1 saturated heterocycles. The Morgan fingerprint density at radius 2 is 2.03 bits per heavy atom. The second-order valence-corrected chi connectivity index (χ2v) is 7.93. The number of rotatable bonds is 7. The van der Waals surface area contributed by atoms with E-state index in [2.05, 4.69) is 5.32 Å². The molecule has 164 valence electrons. The molecule has 1 N–H and O–H groups in total. The van der Waals surface area contributed by atoms with Crippen LogP contribution in [0, 0.1) is 0 Å². The fourth-order valence-electron chi connectivity index (χ4n) is 3.68. The molecule has 0 bridgehead atoms. The molecular weight excluding hydrogens is 420 g/mol. The highest BCUT2D eigenvalue weighted by atomic mass is 35.5. The number of carbonyl (C=O) groups is 2. The maximum Gasteiger partial charge on any atom is 0.227 e. The Morgan fingerprint density at radius 3 is 2.87 bits per heavy atom. The number of nitrogens with one attached hydrogen (secondary N) is 1. The van der Waals surface area contributed by atoms with Crippen molar-refractivity contribution in [3.05, 3.63) is 47.5 Å². The highest BCUT2D eigenvalue weighted by molar-refractivity contribution is 6.31. The molecule has 1 unspecified atom stereocenters. The maximum atomic E-state index is 12.7. The van der Waals surface area contributed by atoms with E-state index in [9.17, 15) is 9.59 Å². The maximum absolute atomic E-state index is 12.7. The standard InChI is InChI=1S/C23H25ClN2O5/c24-16-7-8-20(31-15-17-4-3-12-29-17)18(14-16)25-22(27)9-10-23(28)26-11-13-30-21-6-2-1-5-19(21)26/h1-2,5-8,14,17H,3-4,9-13,15H2,(H,25,27). The summed E-state index contributed by atoms with van der Waals surface area (Å²) in [5.74, 6) is 0.811. The highest BCUT2D eigenvalue weighted by Crippen LogP contribution is 2.32. The Hall–Kier alpha value is -2.77. The van der Waals surface area contributed by atoms with Crippen molar-refractivity contribution < 1.29 is 23.8 Å².